The molecular formula is C14H22N2O. The van der Waals surface area contributed by atoms with Crippen molar-refractivity contribution in [3.05, 3.63) is 23.9 Å². The molecule has 3 nitrogen and oxygen atoms in total. The lowest BCUT2D eigenvalue weighted by atomic mass is 9.95. The van der Waals surface area contributed by atoms with Crippen LogP contribution in [0.4, 0.5) is 0 Å². The topological polar surface area (TPSA) is 34.1 Å². The van der Waals surface area contributed by atoms with Crippen LogP contribution in [0.3, 0.4) is 0 Å². The van der Waals surface area contributed by atoms with E-state index in [9.17, 15) is 0 Å². The van der Waals surface area contributed by atoms with Gasteiger partial charge in [-0.05, 0) is 57.2 Å². The molecule has 3 heteroatoms. The molecule has 0 amide bonds. The minimum atomic E-state index is 0.748. The molecule has 1 saturated heterocycles. The second-order valence-electron chi connectivity index (χ2n) is 4.88. The summed E-state index contributed by atoms with van der Waals surface area (Å²) >= 11 is 0. The molecule has 0 aromatic carbocycles. The van der Waals surface area contributed by atoms with Crippen LogP contribution in [-0.4, -0.2) is 24.7 Å². The Kier molecular flexibility index (Phi) is 4.80. The fourth-order valence-corrected chi connectivity index (χ4v) is 2.26. The van der Waals surface area contributed by atoms with Crippen molar-refractivity contribution in [1.82, 2.24) is 10.3 Å². The van der Waals surface area contributed by atoms with E-state index >= 15 is 0 Å². The van der Waals surface area contributed by atoms with Crippen LogP contribution in [0.1, 0.15) is 31.2 Å². The van der Waals surface area contributed by atoms with Gasteiger partial charge in [0.15, 0.2) is 0 Å². The first-order chi connectivity index (χ1) is 8.34. The van der Waals surface area contributed by atoms with Gasteiger partial charge in [-0.1, -0.05) is 6.07 Å². The number of hydrogen-bond acceptors (Lipinski definition) is 3. The molecule has 0 aliphatic carbocycles. The second-order valence-corrected chi connectivity index (χ2v) is 4.88. The number of pyridine rings is 1. The molecule has 0 saturated carbocycles. The monoisotopic (exact) mass is 234 g/mol. The zero-order chi connectivity index (χ0) is 11.9. The summed E-state index contributed by atoms with van der Waals surface area (Å²) in [7, 11) is 0. The van der Waals surface area contributed by atoms with E-state index < -0.39 is 0 Å². The van der Waals surface area contributed by atoms with Gasteiger partial charge in [0.05, 0.1) is 6.61 Å². The zero-order valence-corrected chi connectivity index (χ0v) is 10.6. The minimum absolute atomic E-state index is 0.748. The number of piperidine rings is 1. The number of aromatic nitrogens is 1. The smallest absolute Gasteiger partial charge is 0.213 e. The van der Waals surface area contributed by atoms with Gasteiger partial charge in [0.1, 0.15) is 0 Å². The van der Waals surface area contributed by atoms with Crippen LogP contribution in [0.5, 0.6) is 5.88 Å². The van der Waals surface area contributed by atoms with Gasteiger partial charge in [-0.15, -0.1) is 0 Å². The van der Waals surface area contributed by atoms with Crippen LogP contribution < -0.4 is 10.1 Å². The maximum Gasteiger partial charge on any atom is 0.213 e. The maximum absolute atomic E-state index is 5.62. The van der Waals surface area contributed by atoms with Crippen molar-refractivity contribution in [3.63, 3.8) is 0 Å². The van der Waals surface area contributed by atoms with Gasteiger partial charge in [-0.2, -0.15) is 0 Å². The Hall–Kier alpha value is -1.09. The third-order valence-electron chi connectivity index (χ3n) is 3.29. The lowest BCUT2D eigenvalue weighted by Crippen LogP contribution is -2.29. The highest BCUT2D eigenvalue weighted by atomic mass is 16.5. The molecule has 1 aromatic rings. The SMILES string of the molecule is Cc1ccc(OCCC[C@@H]2CCCNC2)nc1. The van der Waals surface area contributed by atoms with E-state index in [0.717, 1.165) is 24.8 Å². The molecule has 1 aromatic heterocycles. The van der Waals surface area contributed by atoms with Crippen LogP contribution in [-0.2, 0) is 0 Å². The summed E-state index contributed by atoms with van der Waals surface area (Å²) < 4.78 is 5.62. The van der Waals surface area contributed by atoms with Gasteiger partial charge in [0.2, 0.25) is 5.88 Å². The maximum atomic E-state index is 5.62. The highest BCUT2D eigenvalue weighted by Crippen LogP contribution is 2.16. The molecule has 0 spiro atoms. The van der Waals surface area contributed by atoms with Gasteiger partial charge >= 0.3 is 0 Å². The van der Waals surface area contributed by atoms with Crippen LogP contribution in [0.15, 0.2) is 18.3 Å². The van der Waals surface area contributed by atoms with Gasteiger partial charge in [-0.25, -0.2) is 4.98 Å². The van der Waals surface area contributed by atoms with E-state index in [4.69, 9.17) is 4.74 Å². The van der Waals surface area contributed by atoms with E-state index in [-0.39, 0.29) is 0 Å². The highest BCUT2D eigenvalue weighted by Gasteiger charge is 2.12. The molecule has 17 heavy (non-hydrogen) atoms. The van der Waals surface area contributed by atoms with Crippen molar-refractivity contribution in [1.29, 1.82) is 0 Å². The molecule has 0 bridgehead atoms. The number of nitrogens with one attached hydrogen (secondary N) is 1. The molecule has 1 atom stereocenters. The van der Waals surface area contributed by atoms with Crippen molar-refractivity contribution >= 4 is 0 Å². The van der Waals surface area contributed by atoms with Crippen LogP contribution >= 0.6 is 0 Å². The van der Waals surface area contributed by atoms with E-state index in [1.165, 1.54) is 37.9 Å². The predicted octanol–water partition coefficient (Wildman–Crippen LogP) is 2.55. The predicted molar refractivity (Wildman–Crippen MR) is 69.3 cm³/mol. The summed E-state index contributed by atoms with van der Waals surface area (Å²) in [6, 6.07) is 3.98. The molecule has 1 N–H and O–H groups in total. The largest absolute Gasteiger partial charge is 0.478 e. The Balaban J connectivity index is 1.60. The molecule has 94 valence electrons. The zero-order valence-electron chi connectivity index (χ0n) is 10.6. The Bertz CT molecular complexity index is 317. The van der Waals surface area contributed by atoms with Gasteiger partial charge < -0.3 is 10.1 Å². The first kappa shape index (κ1) is 12.4. The Morgan fingerprint density at radius 1 is 1.47 bits per heavy atom. The first-order valence-corrected chi connectivity index (χ1v) is 6.61. The standard InChI is InChI=1S/C14H22N2O/c1-12-6-7-14(16-10-12)17-9-3-5-13-4-2-8-15-11-13/h6-7,10,13,15H,2-5,8-9,11H2,1H3/t13-/m0/s1. The van der Waals surface area contributed by atoms with Crippen molar-refractivity contribution in [2.75, 3.05) is 19.7 Å². The Labute approximate surface area is 104 Å². The molecule has 0 radical (unpaired) electrons. The van der Waals surface area contributed by atoms with Crippen LogP contribution in [0, 0.1) is 12.8 Å². The lowest BCUT2D eigenvalue weighted by molar-refractivity contribution is 0.268. The summed E-state index contributed by atoms with van der Waals surface area (Å²) in [5.41, 5.74) is 1.17. The fourth-order valence-electron chi connectivity index (χ4n) is 2.26. The fraction of sp³-hybridized carbons (Fsp3) is 0.643. The lowest BCUT2D eigenvalue weighted by Gasteiger charge is -2.22. The summed E-state index contributed by atoms with van der Waals surface area (Å²) in [6.07, 6.45) is 6.93. The average Bonchev–Trinajstić information content (AvgIpc) is 2.38. The summed E-state index contributed by atoms with van der Waals surface area (Å²) in [4.78, 5) is 4.23. The van der Waals surface area contributed by atoms with Crippen LogP contribution in [0.2, 0.25) is 0 Å². The van der Waals surface area contributed by atoms with Crippen molar-refractivity contribution in [2.45, 2.75) is 32.6 Å². The number of nitrogens with zero attached hydrogens (tertiary/aromatic N) is 1. The van der Waals surface area contributed by atoms with E-state index in [1.807, 2.05) is 25.3 Å². The molecule has 1 fully saturated rings. The highest BCUT2D eigenvalue weighted by molar-refractivity contribution is 5.16. The van der Waals surface area contributed by atoms with E-state index in [2.05, 4.69) is 10.3 Å². The van der Waals surface area contributed by atoms with Gasteiger partial charge in [0.25, 0.3) is 0 Å². The van der Waals surface area contributed by atoms with Gasteiger partial charge in [-0.3, -0.25) is 0 Å². The molecular weight excluding hydrogens is 212 g/mol. The van der Waals surface area contributed by atoms with Crippen molar-refractivity contribution in [3.8, 4) is 5.88 Å². The number of ether oxygens (including phenoxy) is 1. The van der Waals surface area contributed by atoms with Crippen LogP contribution in [0.25, 0.3) is 0 Å². The third kappa shape index (κ3) is 4.35. The summed E-state index contributed by atoms with van der Waals surface area (Å²) in [6.45, 7) is 5.20. The molecule has 2 heterocycles. The van der Waals surface area contributed by atoms with Crippen molar-refractivity contribution < 1.29 is 4.74 Å². The normalized spacial score (nSPS) is 20.2. The third-order valence-corrected chi connectivity index (χ3v) is 3.29. The molecule has 1 aliphatic heterocycles. The van der Waals surface area contributed by atoms with Crippen molar-refractivity contribution in [2.24, 2.45) is 5.92 Å². The van der Waals surface area contributed by atoms with E-state index in [1.54, 1.807) is 0 Å². The summed E-state index contributed by atoms with van der Waals surface area (Å²) in [5, 5.41) is 3.45. The molecule has 1 aliphatic rings. The quantitative estimate of drug-likeness (QED) is 0.795. The van der Waals surface area contributed by atoms with Gasteiger partial charge in [0, 0.05) is 12.3 Å². The summed E-state index contributed by atoms with van der Waals surface area (Å²) in [5.74, 6) is 1.59. The number of hydrogen-bond donors (Lipinski definition) is 1. The first-order valence-electron chi connectivity index (χ1n) is 6.61. The van der Waals surface area contributed by atoms with E-state index in [0.29, 0.717) is 0 Å². The molecule has 0 unspecified atom stereocenters. The molecule has 2 rings (SSSR count). The number of aryl methyl sites for hydroxylation is 1. The Morgan fingerprint density at radius 3 is 3.12 bits per heavy atom. The number of rotatable bonds is 5. The average molecular weight is 234 g/mol. The second kappa shape index (κ2) is 6.60. The minimum Gasteiger partial charge on any atom is -0.478 e. The Morgan fingerprint density at radius 2 is 2.41 bits per heavy atom.